The summed E-state index contributed by atoms with van der Waals surface area (Å²) in [7, 11) is 0. The maximum Gasteiger partial charge on any atom is 0.254 e. The Balaban J connectivity index is 1.89. The van der Waals surface area contributed by atoms with E-state index in [0.29, 0.717) is 24.2 Å². The van der Waals surface area contributed by atoms with E-state index < -0.39 is 0 Å². The number of H-pyrrole nitrogens is 1. The van der Waals surface area contributed by atoms with Gasteiger partial charge in [-0.1, -0.05) is 52.0 Å². The van der Waals surface area contributed by atoms with Crippen molar-refractivity contribution in [1.82, 2.24) is 9.88 Å². The number of carbonyl (C=O) groups is 1. The molecule has 1 N–H and O–H groups in total. The van der Waals surface area contributed by atoms with E-state index >= 15 is 0 Å². The Morgan fingerprint density at radius 1 is 1.03 bits per heavy atom. The number of hydrogen-bond donors (Lipinski definition) is 1. The fourth-order valence-corrected chi connectivity index (χ4v) is 3.50. The van der Waals surface area contributed by atoms with Gasteiger partial charge in [-0.3, -0.25) is 9.59 Å². The number of aromatic amines is 1. The first kappa shape index (κ1) is 20.8. The summed E-state index contributed by atoms with van der Waals surface area (Å²) in [4.78, 5) is 30.5. The number of amides is 1. The number of fused-ring (bicyclic) bond motifs is 1. The predicted octanol–water partition coefficient (Wildman–Crippen LogP) is 5.19. The smallest absolute Gasteiger partial charge is 0.254 e. The molecule has 29 heavy (non-hydrogen) atoms. The molecule has 0 spiro atoms. The fraction of sp³-hybridized carbons (Fsp3) is 0.360. The molecule has 4 nitrogen and oxygen atoms in total. The van der Waals surface area contributed by atoms with Crippen LogP contribution in [-0.2, 0) is 12.0 Å². The van der Waals surface area contributed by atoms with Gasteiger partial charge in [0.2, 0.25) is 0 Å². The molecule has 0 saturated heterocycles. The van der Waals surface area contributed by atoms with Crippen LogP contribution in [-0.4, -0.2) is 22.3 Å². The minimum Gasteiger partial charge on any atom is -0.334 e. The zero-order valence-electron chi connectivity index (χ0n) is 18.0. The summed E-state index contributed by atoms with van der Waals surface area (Å²) in [5.41, 5.74) is 4.28. The van der Waals surface area contributed by atoms with Crippen molar-refractivity contribution in [2.45, 2.75) is 53.0 Å². The van der Waals surface area contributed by atoms with E-state index in [0.717, 1.165) is 22.9 Å². The highest BCUT2D eigenvalue weighted by atomic mass is 16.2. The molecule has 3 aromatic rings. The Kier molecular flexibility index (Phi) is 5.92. The van der Waals surface area contributed by atoms with E-state index in [1.54, 1.807) is 4.90 Å². The Hall–Kier alpha value is -2.88. The number of hydrogen-bond acceptors (Lipinski definition) is 2. The highest BCUT2D eigenvalue weighted by Crippen LogP contribution is 2.23. The molecule has 0 aliphatic rings. The Bertz CT molecular complexity index is 1070. The topological polar surface area (TPSA) is 53.2 Å². The average Bonchev–Trinajstić information content (AvgIpc) is 2.67. The lowest BCUT2D eigenvalue weighted by atomic mass is 9.86. The maximum absolute atomic E-state index is 13.1. The van der Waals surface area contributed by atoms with Crippen LogP contribution in [0.2, 0.25) is 0 Å². The minimum atomic E-state index is -0.139. The van der Waals surface area contributed by atoms with Crippen molar-refractivity contribution in [2.24, 2.45) is 0 Å². The van der Waals surface area contributed by atoms with E-state index in [9.17, 15) is 9.59 Å². The van der Waals surface area contributed by atoms with E-state index in [-0.39, 0.29) is 16.9 Å². The van der Waals surface area contributed by atoms with Crippen LogP contribution in [0.15, 0.2) is 53.3 Å². The number of benzene rings is 2. The lowest BCUT2D eigenvalue weighted by Gasteiger charge is -2.23. The van der Waals surface area contributed by atoms with Crippen LogP contribution in [0, 0.1) is 6.92 Å². The molecular weight excluding hydrogens is 360 g/mol. The van der Waals surface area contributed by atoms with Crippen molar-refractivity contribution in [1.29, 1.82) is 0 Å². The molecule has 0 aliphatic carbocycles. The SMILES string of the molecule is CCCN(Cc1cc2ccc(C)cc2[nH]c1=O)C(=O)c1ccc(C(C)(C)C)cc1. The van der Waals surface area contributed by atoms with Crippen molar-refractivity contribution in [3.63, 3.8) is 0 Å². The second-order valence-electron chi connectivity index (χ2n) is 8.77. The maximum atomic E-state index is 13.1. The average molecular weight is 391 g/mol. The number of pyridine rings is 1. The van der Waals surface area contributed by atoms with Crippen molar-refractivity contribution in [2.75, 3.05) is 6.54 Å². The van der Waals surface area contributed by atoms with Crippen LogP contribution in [0.4, 0.5) is 0 Å². The molecule has 0 saturated carbocycles. The molecular formula is C25H30N2O2. The molecule has 1 amide bonds. The second-order valence-corrected chi connectivity index (χ2v) is 8.77. The molecule has 1 heterocycles. The first-order valence-corrected chi connectivity index (χ1v) is 10.2. The third kappa shape index (κ3) is 4.76. The summed E-state index contributed by atoms with van der Waals surface area (Å²) in [5, 5.41) is 0.976. The summed E-state index contributed by atoms with van der Waals surface area (Å²) in [6, 6.07) is 15.7. The van der Waals surface area contributed by atoms with Gasteiger partial charge in [0.15, 0.2) is 0 Å². The van der Waals surface area contributed by atoms with Crippen LogP contribution in [0.1, 0.15) is 61.2 Å². The van der Waals surface area contributed by atoms with Crippen molar-refractivity contribution in [3.8, 4) is 0 Å². The Morgan fingerprint density at radius 3 is 2.34 bits per heavy atom. The van der Waals surface area contributed by atoms with E-state index in [1.807, 2.05) is 62.4 Å². The molecule has 0 atom stereocenters. The lowest BCUT2D eigenvalue weighted by molar-refractivity contribution is 0.0742. The van der Waals surface area contributed by atoms with Gasteiger partial charge < -0.3 is 9.88 Å². The number of aryl methyl sites for hydroxylation is 1. The monoisotopic (exact) mass is 390 g/mol. The first-order valence-electron chi connectivity index (χ1n) is 10.2. The molecule has 4 heteroatoms. The number of nitrogens with zero attached hydrogens (tertiary/aromatic N) is 1. The predicted molar refractivity (Wildman–Crippen MR) is 119 cm³/mol. The number of carbonyl (C=O) groups excluding carboxylic acids is 1. The van der Waals surface area contributed by atoms with Gasteiger partial charge in [-0.2, -0.15) is 0 Å². The fourth-order valence-electron chi connectivity index (χ4n) is 3.50. The van der Waals surface area contributed by atoms with Gasteiger partial charge in [-0.05, 0) is 59.5 Å². The minimum absolute atomic E-state index is 0.0431. The third-order valence-corrected chi connectivity index (χ3v) is 5.22. The normalized spacial score (nSPS) is 11.6. The van der Waals surface area contributed by atoms with Gasteiger partial charge in [0, 0.05) is 23.2 Å². The van der Waals surface area contributed by atoms with Gasteiger partial charge in [-0.25, -0.2) is 0 Å². The molecule has 0 bridgehead atoms. The van der Waals surface area contributed by atoms with Crippen LogP contribution >= 0.6 is 0 Å². The largest absolute Gasteiger partial charge is 0.334 e. The molecule has 0 radical (unpaired) electrons. The lowest BCUT2D eigenvalue weighted by Crippen LogP contribution is -2.33. The molecule has 3 rings (SSSR count). The standard InChI is InChI=1S/C25H30N2O2/c1-6-13-27(24(29)18-9-11-21(12-10-18)25(3,4)5)16-20-15-19-8-7-17(2)14-22(19)26-23(20)28/h7-12,14-15H,6,13,16H2,1-5H3,(H,26,28). The van der Waals surface area contributed by atoms with Crippen molar-refractivity contribution in [3.05, 3.63) is 81.1 Å². The highest BCUT2D eigenvalue weighted by molar-refractivity contribution is 5.94. The Labute approximate surface area is 172 Å². The number of aromatic nitrogens is 1. The zero-order chi connectivity index (χ0) is 21.2. The summed E-state index contributed by atoms with van der Waals surface area (Å²) < 4.78 is 0. The second kappa shape index (κ2) is 8.24. The molecule has 1 aromatic heterocycles. The number of nitrogens with one attached hydrogen (secondary N) is 1. The summed E-state index contributed by atoms with van der Waals surface area (Å²) in [6.45, 7) is 11.4. The molecule has 0 fully saturated rings. The van der Waals surface area contributed by atoms with E-state index in [4.69, 9.17) is 0 Å². The van der Waals surface area contributed by atoms with E-state index in [2.05, 4.69) is 25.8 Å². The van der Waals surface area contributed by atoms with Crippen LogP contribution in [0.25, 0.3) is 10.9 Å². The third-order valence-electron chi connectivity index (χ3n) is 5.22. The Morgan fingerprint density at radius 2 is 1.72 bits per heavy atom. The van der Waals surface area contributed by atoms with Gasteiger partial charge in [-0.15, -0.1) is 0 Å². The quantitative estimate of drug-likeness (QED) is 0.652. The van der Waals surface area contributed by atoms with Gasteiger partial charge in [0.1, 0.15) is 0 Å². The molecule has 0 aliphatic heterocycles. The summed E-state index contributed by atoms with van der Waals surface area (Å²) in [5.74, 6) is -0.0456. The zero-order valence-corrected chi connectivity index (χ0v) is 18.0. The van der Waals surface area contributed by atoms with Crippen LogP contribution in [0.5, 0.6) is 0 Å². The van der Waals surface area contributed by atoms with E-state index in [1.165, 1.54) is 5.56 Å². The van der Waals surface area contributed by atoms with Crippen molar-refractivity contribution >= 4 is 16.8 Å². The van der Waals surface area contributed by atoms with Gasteiger partial charge >= 0.3 is 0 Å². The van der Waals surface area contributed by atoms with Crippen LogP contribution < -0.4 is 5.56 Å². The molecule has 2 aromatic carbocycles. The first-order chi connectivity index (χ1) is 13.7. The van der Waals surface area contributed by atoms with Crippen LogP contribution in [0.3, 0.4) is 0 Å². The van der Waals surface area contributed by atoms with Gasteiger partial charge in [0.05, 0.1) is 6.54 Å². The van der Waals surface area contributed by atoms with Crippen molar-refractivity contribution < 1.29 is 4.79 Å². The number of rotatable bonds is 5. The molecule has 0 unspecified atom stereocenters. The highest BCUT2D eigenvalue weighted by Gasteiger charge is 2.19. The van der Waals surface area contributed by atoms with Gasteiger partial charge in [0.25, 0.3) is 11.5 Å². The molecule has 152 valence electrons. The summed E-state index contributed by atoms with van der Waals surface area (Å²) >= 11 is 0. The summed E-state index contributed by atoms with van der Waals surface area (Å²) in [6.07, 6.45) is 0.830.